The van der Waals surface area contributed by atoms with E-state index >= 15 is 0 Å². The van der Waals surface area contributed by atoms with Gasteiger partial charge in [-0.3, -0.25) is 4.79 Å². The number of fused-ring (bicyclic) bond motifs is 1. The number of rotatable bonds is 2. The minimum absolute atomic E-state index is 0.0305. The molecule has 0 atom stereocenters. The molecule has 1 aliphatic heterocycles. The monoisotopic (exact) mass is 354 g/mol. The zero-order valence-corrected chi connectivity index (χ0v) is 12.6. The Morgan fingerprint density at radius 2 is 2.10 bits per heavy atom. The molecule has 3 rings (SSSR count). The lowest BCUT2D eigenvalue weighted by atomic mass is 10.00. The molecule has 102 valence electrons. The van der Waals surface area contributed by atoms with E-state index in [1.165, 1.54) is 6.07 Å². The molecule has 1 aliphatic rings. The van der Waals surface area contributed by atoms with Crippen molar-refractivity contribution in [3.63, 3.8) is 0 Å². The van der Waals surface area contributed by atoms with Gasteiger partial charge >= 0.3 is 0 Å². The average Bonchev–Trinajstić information content (AvgIpc) is 2.91. The Balaban J connectivity index is 2.03. The van der Waals surface area contributed by atoms with Crippen LogP contribution in [0.15, 0.2) is 34.8 Å². The molecule has 0 aliphatic carbocycles. The smallest absolute Gasteiger partial charge is 0.196 e. The SMILES string of the molecule is O=C(c1ccc2c(c1)CCO2)c1ccc(Br)c(Cl)c1F. The minimum Gasteiger partial charge on any atom is -0.493 e. The van der Waals surface area contributed by atoms with E-state index < -0.39 is 5.82 Å². The summed E-state index contributed by atoms with van der Waals surface area (Å²) in [7, 11) is 0. The second-order valence-electron chi connectivity index (χ2n) is 4.47. The van der Waals surface area contributed by atoms with Gasteiger partial charge in [0.25, 0.3) is 0 Å². The van der Waals surface area contributed by atoms with Crippen molar-refractivity contribution in [2.24, 2.45) is 0 Å². The van der Waals surface area contributed by atoms with Crippen LogP contribution in [0, 0.1) is 5.82 Å². The van der Waals surface area contributed by atoms with Crippen LogP contribution >= 0.6 is 27.5 Å². The van der Waals surface area contributed by atoms with Gasteiger partial charge in [-0.2, -0.15) is 0 Å². The second-order valence-corrected chi connectivity index (χ2v) is 5.71. The lowest BCUT2D eigenvalue weighted by molar-refractivity contribution is 0.103. The van der Waals surface area contributed by atoms with Crippen LogP contribution in [0.3, 0.4) is 0 Å². The number of hydrogen-bond donors (Lipinski definition) is 0. The fraction of sp³-hybridized carbons (Fsp3) is 0.133. The molecule has 2 nitrogen and oxygen atoms in total. The standard InChI is InChI=1S/C15H9BrClFO2/c16-11-3-2-10(14(18)13(11)17)15(19)9-1-4-12-8(7-9)5-6-20-12/h1-4,7H,5-6H2. The molecule has 2 aromatic carbocycles. The van der Waals surface area contributed by atoms with Crippen LogP contribution in [-0.4, -0.2) is 12.4 Å². The summed E-state index contributed by atoms with van der Waals surface area (Å²) in [6.07, 6.45) is 0.764. The number of halogens is 3. The van der Waals surface area contributed by atoms with Gasteiger partial charge in [0.05, 0.1) is 17.2 Å². The summed E-state index contributed by atoms with van der Waals surface area (Å²) >= 11 is 8.94. The first-order chi connectivity index (χ1) is 9.58. The Labute approximate surface area is 128 Å². The summed E-state index contributed by atoms with van der Waals surface area (Å²) in [5.41, 5.74) is 1.38. The topological polar surface area (TPSA) is 26.3 Å². The highest BCUT2D eigenvalue weighted by Crippen LogP contribution is 2.30. The van der Waals surface area contributed by atoms with E-state index in [0.29, 0.717) is 16.6 Å². The van der Waals surface area contributed by atoms with Crippen molar-refractivity contribution in [1.29, 1.82) is 0 Å². The van der Waals surface area contributed by atoms with Crippen LogP contribution in [0.25, 0.3) is 0 Å². The van der Waals surface area contributed by atoms with Crippen molar-refractivity contribution in [1.82, 2.24) is 0 Å². The largest absolute Gasteiger partial charge is 0.493 e. The molecule has 0 saturated heterocycles. The van der Waals surface area contributed by atoms with Crippen molar-refractivity contribution in [3.05, 3.63) is 62.3 Å². The van der Waals surface area contributed by atoms with Crippen molar-refractivity contribution < 1.29 is 13.9 Å². The molecule has 1 heterocycles. The molecule has 0 unspecified atom stereocenters. The van der Waals surface area contributed by atoms with Crippen LogP contribution in [0.2, 0.25) is 5.02 Å². The molecule has 0 amide bonds. The third kappa shape index (κ3) is 2.23. The fourth-order valence-corrected chi connectivity index (χ4v) is 2.66. The zero-order chi connectivity index (χ0) is 14.3. The fourth-order valence-electron chi connectivity index (χ4n) is 2.18. The van der Waals surface area contributed by atoms with Crippen LogP contribution in [-0.2, 0) is 6.42 Å². The lowest BCUT2D eigenvalue weighted by Gasteiger charge is -2.07. The molecule has 0 fully saturated rings. The summed E-state index contributed by atoms with van der Waals surface area (Å²) < 4.78 is 19.9. The highest BCUT2D eigenvalue weighted by molar-refractivity contribution is 9.10. The molecule has 0 spiro atoms. The highest BCUT2D eigenvalue weighted by Gasteiger charge is 2.20. The van der Waals surface area contributed by atoms with Gasteiger partial charge in [0.15, 0.2) is 11.6 Å². The number of ketones is 1. The summed E-state index contributed by atoms with van der Waals surface area (Å²) in [4.78, 5) is 12.4. The van der Waals surface area contributed by atoms with Gasteiger partial charge in [-0.1, -0.05) is 11.6 Å². The van der Waals surface area contributed by atoms with Crippen molar-refractivity contribution in [3.8, 4) is 5.75 Å². The van der Waals surface area contributed by atoms with E-state index in [4.69, 9.17) is 16.3 Å². The number of carbonyl (C=O) groups is 1. The van der Waals surface area contributed by atoms with Crippen LogP contribution in [0.5, 0.6) is 5.75 Å². The van der Waals surface area contributed by atoms with Crippen LogP contribution < -0.4 is 4.74 Å². The minimum atomic E-state index is -0.706. The summed E-state index contributed by atoms with van der Waals surface area (Å²) in [6, 6.07) is 8.13. The van der Waals surface area contributed by atoms with Gasteiger partial charge in [0.2, 0.25) is 0 Å². The van der Waals surface area contributed by atoms with E-state index in [-0.39, 0.29) is 16.4 Å². The molecule has 0 N–H and O–H groups in total. The second kappa shape index (κ2) is 5.19. The van der Waals surface area contributed by atoms with Gasteiger partial charge in [-0.25, -0.2) is 4.39 Å². The maximum Gasteiger partial charge on any atom is 0.196 e. The first-order valence-corrected chi connectivity index (χ1v) is 7.19. The molecule has 5 heteroatoms. The van der Waals surface area contributed by atoms with Crippen LogP contribution in [0.4, 0.5) is 4.39 Å². The molecule has 0 aromatic heterocycles. The van der Waals surface area contributed by atoms with E-state index in [2.05, 4.69) is 15.9 Å². The molecule has 20 heavy (non-hydrogen) atoms. The lowest BCUT2D eigenvalue weighted by Crippen LogP contribution is -2.05. The van der Waals surface area contributed by atoms with Crippen LogP contribution in [0.1, 0.15) is 21.5 Å². The van der Waals surface area contributed by atoms with E-state index in [0.717, 1.165) is 17.7 Å². The van der Waals surface area contributed by atoms with Gasteiger partial charge in [-0.15, -0.1) is 0 Å². The van der Waals surface area contributed by atoms with Gasteiger partial charge < -0.3 is 4.74 Å². The Kier molecular flexibility index (Phi) is 3.52. The molecule has 0 saturated carbocycles. The summed E-state index contributed by atoms with van der Waals surface area (Å²) in [6.45, 7) is 0.617. The Morgan fingerprint density at radius 3 is 2.90 bits per heavy atom. The number of benzene rings is 2. The normalized spacial score (nSPS) is 12.9. The molecule has 0 bridgehead atoms. The summed E-state index contributed by atoms with van der Waals surface area (Å²) in [5, 5.41) is -0.0830. The Bertz CT molecular complexity index is 715. The molecular weight excluding hydrogens is 347 g/mol. The molecule has 0 radical (unpaired) electrons. The zero-order valence-electron chi connectivity index (χ0n) is 10.3. The predicted octanol–water partition coefficient (Wildman–Crippen LogP) is 4.41. The number of carbonyl (C=O) groups excluding carboxylic acids is 1. The molecular formula is C15H9BrClFO2. The average molecular weight is 356 g/mol. The van der Waals surface area contributed by atoms with Gasteiger partial charge in [0, 0.05) is 16.5 Å². The third-order valence-electron chi connectivity index (χ3n) is 3.23. The maximum absolute atomic E-state index is 14.1. The van der Waals surface area contributed by atoms with Gasteiger partial charge in [0.1, 0.15) is 5.75 Å². The quantitative estimate of drug-likeness (QED) is 0.589. The Hall–Kier alpha value is -1.39. The van der Waals surface area contributed by atoms with E-state index in [1.807, 2.05) is 0 Å². The molecule has 2 aromatic rings. The van der Waals surface area contributed by atoms with Crippen molar-refractivity contribution >= 4 is 33.3 Å². The Morgan fingerprint density at radius 1 is 1.30 bits per heavy atom. The highest BCUT2D eigenvalue weighted by atomic mass is 79.9. The summed E-state index contributed by atoms with van der Waals surface area (Å²) in [5.74, 6) is -0.301. The number of ether oxygens (including phenoxy) is 1. The van der Waals surface area contributed by atoms with Crippen molar-refractivity contribution in [2.75, 3.05) is 6.61 Å². The van der Waals surface area contributed by atoms with Crippen molar-refractivity contribution in [2.45, 2.75) is 6.42 Å². The van der Waals surface area contributed by atoms with E-state index in [1.54, 1.807) is 24.3 Å². The van der Waals surface area contributed by atoms with Gasteiger partial charge in [-0.05, 0) is 51.8 Å². The third-order valence-corrected chi connectivity index (χ3v) is 4.49. The van der Waals surface area contributed by atoms with E-state index in [9.17, 15) is 9.18 Å². The first-order valence-electron chi connectivity index (χ1n) is 6.02. The number of hydrogen-bond acceptors (Lipinski definition) is 2. The first kappa shape index (κ1) is 13.6. The maximum atomic E-state index is 14.1. The predicted molar refractivity (Wildman–Crippen MR) is 78.2 cm³/mol.